The Bertz CT molecular complexity index is 908. The van der Waals surface area contributed by atoms with Gasteiger partial charge in [-0.2, -0.15) is 10.2 Å². The highest BCUT2D eigenvalue weighted by atomic mass is 16.2. The predicted octanol–water partition coefficient (Wildman–Crippen LogP) is 1.47. The number of nitrogens with one attached hydrogen (secondary N) is 1. The molecule has 1 aromatic heterocycles. The minimum atomic E-state index is -0.598. The lowest BCUT2D eigenvalue weighted by Gasteiger charge is -2.29. The normalized spacial score (nSPS) is 19.5. The van der Waals surface area contributed by atoms with Crippen LogP contribution in [0.5, 0.6) is 0 Å². The second kappa shape index (κ2) is 6.33. The van der Waals surface area contributed by atoms with Crippen LogP contribution in [-0.2, 0) is 22.6 Å². The lowest BCUT2D eigenvalue weighted by Crippen LogP contribution is -2.52. The molecule has 2 aromatic rings. The molecule has 2 aliphatic heterocycles. The van der Waals surface area contributed by atoms with E-state index in [4.69, 9.17) is 0 Å². The van der Waals surface area contributed by atoms with Crippen LogP contribution in [0.2, 0.25) is 0 Å². The second-order valence-corrected chi connectivity index (χ2v) is 6.54. The van der Waals surface area contributed by atoms with Gasteiger partial charge in [-0.05, 0) is 42.7 Å². The number of aryl methyl sites for hydroxylation is 1. The van der Waals surface area contributed by atoms with E-state index in [0.29, 0.717) is 18.5 Å². The SMILES string of the molecule is CCc1ccc(-c2ccc3c(c2)CN(C2CCC(=O)NC2=O)C3=O)nn1. The molecular formula is C19H18N4O3. The Balaban J connectivity index is 1.60. The number of benzene rings is 1. The topological polar surface area (TPSA) is 92.3 Å². The highest BCUT2D eigenvalue weighted by Gasteiger charge is 2.39. The van der Waals surface area contributed by atoms with Gasteiger partial charge in [-0.3, -0.25) is 19.7 Å². The van der Waals surface area contributed by atoms with Gasteiger partial charge in [0.2, 0.25) is 11.8 Å². The molecule has 26 heavy (non-hydrogen) atoms. The van der Waals surface area contributed by atoms with Crippen LogP contribution in [0, 0.1) is 0 Å². The van der Waals surface area contributed by atoms with Crippen molar-refractivity contribution in [2.24, 2.45) is 0 Å². The first-order chi connectivity index (χ1) is 12.6. The van der Waals surface area contributed by atoms with Crippen LogP contribution in [0.15, 0.2) is 30.3 Å². The van der Waals surface area contributed by atoms with Crippen molar-refractivity contribution in [1.29, 1.82) is 0 Å². The van der Waals surface area contributed by atoms with Crippen LogP contribution in [-0.4, -0.2) is 38.9 Å². The zero-order valence-electron chi connectivity index (χ0n) is 14.4. The number of carbonyl (C=O) groups is 3. The fraction of sp³-hybridized carbons (Fsp3) is 0.316. The first kappa shape index (κ1) is 16.4. The number of hydrogen-bond donors (Lipinski definition) is 1. The van der Waals surface area contributed by atoms with Gasteiger partial charge in [0, 0.05) is 24.1 Å². The first-order valence-electron chi connectivity index (χ1n) is 8.67. The predicted molar refractivity (Wildman–Crippen MR) is 92.9 cm³/mol. The molecule has 132 valence electrons. The van der Waals surface area contributed by atoms with Gasteiger partial charge in [0.25, 0.3) is 5.91 Å². The van der Waals surface area contributed by atoms with E-state index in [-0.39, 0.29) is 18.2 Å². The first-order valence-corrected chi connectivity index (χ1v) is 8.67. The average Bonchev–Trinajstić information content (AvgIpc) is 2.98. The Kier molecular flexibility index (Phi) is 3.99. The van der Waals surface area contributed by atoms with Crippen LogP contribution in [0.25, 0.3) is 11.3 Å². The van der Waals surface area contributed by atoms with Crippen molar-refractivity contribution in [2.45, 2.75) is 38.8 Å². The van der Waals surface area contributed by atoms with Crippen LogP contribution < -0.4 is 5.32 Å². The largest absolute Gasteiger partial charge is 0.322 e. The highest BCUT2D eigenvalue weighted by Crippen LogP contribution is 2.30. The molecular weight excluding hydrogens is 332 g/mol. The molecule has 7 heteroatoms. The molecule has 0 spiro atoms. The van der Waals surface area contributed by atoms with Gasteiger partial charge in [-0.25, -0.2) is 0 Å². The van der Waals surface area contributed by atoms with Crippen LogP contribution in [0.3, 0.4) is 0 Å². The zero-order chi connectivity index (χ0) is 18.3. The van der Waals surface area contributed by atoms with Crippen molar-refractivity contribution >= 4 is 17.7 Å². The van der Waals surface area contributed by atoms with Gasteiger partial charge >= 0.3 is 0 Å². The zero-order valence-corrected chi connectivity index (χ0v) is 14.4. The van der Waals surface area contributed by atoms with Crippen molar-refractivity contribution in [3.05, 3.63) is 47.2 Å². The van der Waals surface area contributed by atoms with Crippen molar-refractivity contribution in [2.75, 3.05) is 0 Å². The molecule has 1 saturated heterocycles. The molecule has 0 saturated carbocycles. The molecule has 1 unspecified atom stereocenters. The Labute approximate surface area is 150 Å². The van der Waals surface area contributed by atoms with Crippen LogP contribution in [0.4, 0.5) is 0 Å². The van der Waals surface area contributed by atoms with Gasteiger partial charge < -0.3 is 4.90 Å². The number of nitrogens with zero attached hydrogens (tertiary/aromatic N) is 3. The fourth-order valence-electron chi connectivity index (χ4n) is 3.44. The summed E-state index contributed by atoms with van der Waals surface area (Å²) in [7, 11) is 0. The minimum Gasteiger partial charge on any atom is -0.322 e. The molecule has 4 rings (SSSR count). The van der Waals surface area contributed by atoms with E-state index in [9.17, 15) is 14.4 Å². The molecule has 1 aromatic carbocycles. The summed E-state index contributed by atoms with van der Waals surface area (Å²) in [5.74, 6) is -0.857. The van der Waals surface area contributed by atoms with Gasteiger partial charge in [0.15, 0.2) is 0 Å². The number of fused-ring (bicyclic) bond motifs is 1. The number of rotatable bonds is 3. The summed E-state index contributed by atoms with van der Waals surface area (Å²) in [6.07, 6.45) is 1.44. The minimum absolute atomic E-state index is 0.173. The van der Waals surface area contributed by atoms with Gasteiger partial charge in [0.05, 0.1) is 11.4 Å². The Hall–Kier alpha value is -3.09. The van der Waals surface area contributed by atoms with E-state index in [0.717, 1.165) is 28.9 Å². The molecule has 0 radical (unpaired) electrons. The highest BCUT2D eigenvalue weighted by molar-refractivity contribution is 6.05. The molecule has 3 heterocycles. The standard InChI is InChI=1S/C19H18N4O3/c1-2-13-4-6-15(22-21-13)11-3-5-14-12(9-11)10-23(19(14)26)16-7-8-17(24)20-18(16)25/h3-6,9,16H,2,7-8,10H2,1H3,(H,20,24,25). The monoisotopic (exact) mass is 350 g/mol. The van der Waals surface area contributed by atoms with Crippen LogP contribution >= 0.6 is 0 Å². The molecule has 1 fully saturated rings. The molecule has 3 amide bonds. The molecule has 1 atom stereocenters. The van der Waals surface area contributed by atoms with E-state index in [1.807, 2.05) is 31.2 Å². The quantitative estimate of drug-likeness (QED) is 0.846. The lowest BCUT2D eigenvalue weighted by atomic mass is 10.0. The molecule has 1 N–H and O–H groups in total. The third kappa shape index (κ3) is 2.75. The smallest absolute Gasteiger partial charge is 0.255 e. The van der Waals surface area contributed by atoms with E-state index < -0.39 is 11.9 Å². The summed E-state index contributed by atoms with van der Waals surface area (Å²) in [5, 5.41) is 10.7. The van der Waals surface area contributed by atoms with Crippen molar-refractivity contribution < 1.29 is 14.4 Å². The maximum absolute atomic E-state index is 12.7. The number of imide groups is 1. The van der Waals surface area contributed by atoms with Crippen molar-refractivity contribution in [3.63, 3.8) is 0 Å². The maximum Gasteiger partial charge on any atom is 0.255 e. The summed E-state index contributed by atoms with van der Waals surface area (Å²) < 4.78 is 0. The summed E-state index contributed by atoms with van der Waals surface area (Å²) in [4.78, 5) is 37.7. The number of piperidine rings is 1. The number of aromatic nitrogens is 2. The summed E-state index contributed by atoms with van der Waals surface area (Å²) in [6, 6.07) is 8.81. The van der Waals surface area contributed by atoms with E-state index in [2.05, 4.69) is 15.5 Å². The van der Waals surface area contributed by atoms with Crippen LogP contribution in [0.1, 0.15) is 41.4 Å². The molecule has 2 aliphatic rings. The lowest BCUT2D eigenvalue weighted by molar-refractivity contribution is -0.136. The number of hydrogen-bond acceptors (Lipinski definition) is 5. The van der Waals surface area contributed by atoms with E-state index in [1.54, 1.807) is 11.0 Å². The van der Waals surface area contributed by atoms with E-state index >= 15 is 0 Å². The molecule has 7 nitrogen and oxygen atoms in total. The number of amides is 3. The van der Waals surface area contributed by atoms with E-state index in [1.165, 1.54) is 0 Å². The Morgan fingerprint density at radius 3 is 2.69 bits per heavy atom. The average molecular weight is 350 g/mol. The third-order valence-corrected chi connectivity index (χ3v) is 4.90. The summed E-state index contributed by atoms with van der Waals surface area (Å²) in [6.45, 7) is 2.38. The third-order valence-electron chi connectivity index (χ3n) is 4.90. The van der Waals surface area contributed by atoms with Crippen molar-refractivity contribution in [1.82, 2.24) is 20.4 Å². The van der Waals surface area contributed by atoms with Gasteiger partial charge in [-0.1, -0.05) is 13.0 Å². The Morgan fingerprint density at radius 1 is 1.15 bits per heavy atom. The summed E-state index contributed by atoms with van der Waals surface area (Å²) >= 11 is 0. The second-order valence-electron chi connectivity index (χ2n) is 6.54. The number of carbonyl (C=O) groups excluding carboxylic acids is 3. The van der Waals surface area contributed by atoms with Crippen molar-refractivity contribution in [3.8, 4) is 11.3 Å². The fourth-order valence-corrected chi connectivity index (χ4v) is 3.44. The molecule has 0 aliphatic carbocycles. The van der Waals surface area contributed by atoms with Gasteiger partial charge in [0.1, 0.15) is 6.04 Å². The Morgan fingerprint density at radius 2 is 2.00 bits per heavy atom. The maximum atomic E-state index is 12.7. The summed E-state index contributed by atoms with van der Waals surface area (Å²) in [5.41, 5.74) is 4.01. The molecule has 0 bridgehead atoms. The van der Waals surface area contributed by atoms with Gasteiger partial charge in [-0.15, -0.1) is 0 Å².